The third kappa shape index (κ3) is 6.61. The first-order chi connectivity index (χ1) is 27.4. The van der Waals surface area contributed by atoms with Gasteiger partial charge in [0.25, 0.3) is 11.8 Å². The van der Waals surface area contributed by atoms with Gasteiger partial charge in [-0.2, -0.15) is 0 Å². The number of fused-ring (bicyclic) bond motifs is 2. The van der Waals surface area contributed by atoms with Crippen LogP contribution >= 0.6 is 0 Å². The number of aryl methyl sites for hydroxylation is 2. The maximum Gasteiger partial charge on any atom is 0.262 e. The second-order valence-electron chi connectivity index (χ2n) is 14.2. The van der Waals surface area contributed by atoms with E-state index in [1.54, 1.807) is 14.2 Å². The summed E-state index contributed by atoms with van der Waals surface area (Å²) in [4.78, 5) is 32.6. The van der Waals surface area contributed by atoms with E-state index in [1.807, 2.05) is 113 Å². The normalized spacial score (nSPS) is 16.1. The van der Waals surface area contributed by atoms with Crippen molar-refractivity contribution in [3.63, 3.8) is 0 Å². The Morgan fingerprint density at radius 3 is 1.79 bits per heavy atom. The van der Waals surface area contributed by atoms with E-state index in [-0.39, 0.29) is 11.8 Å². The van der Waals surface area contributed by atoms with Crippen LogP contribution < -0.4 is 29.9 Å². The fraction of sp³-hybridized carbons (Fsp3) is 0.208. The number of para-hydroxylation sites is 3. The Hall–Kier alpha value is -6.54. The molecule has 282 valence electrons. The molecule has 2 unspecified atom stereocenters. The van der Waals surface area contributed by atoms with Gasteiger partial charge >= 0.3 is 0 Å². The summed E-state index contributed by atoms with van der Waals surface area (Å²) in [6, 6.07) is 43.7. The lowest BCUT2D eigenvalue weighted by atomic mass is 9.92. The van der Waals surface area contributed by atoms with Crippen LogP contribution in [0.4, 0.5) is 22.7 Å². The van der Waals surface area contributed by atoms with Crippen molar-refractivity contribution in [2.75, 3.05) is 34.7 Å². The summed E-state index contributed by atoms with van der Waals surface area (Å²) in [5.74, 6) is 1.18. The van der Waals surface area contributed by atoms with E-state index in [2.05, 4.69) is 54.8 Å². The minimum absolute atomic E-state index is 0.0718. The van der Waals surface area contributed by atoms with Crippen LogP contribution in [0.1, 0.15) is 82.0 Å². The molecular weight excluding hydrogens is 697 g/mol. The summed E-state index contributed by atoms with van der Waals surface area (Å²) in [6.45, 7) is 4.33. The Balaban J connectivity index is 1.27. The Kier molecular flexibility index (Phi) is 10.2. The molecule has 6 aromatic carbocycles. The Morgan fingerprint density at radius 1 is 0.536 bits per heavy atom. The van der Waals surface area contributed by atoms with Crippen LogP contribution in [0, 0.1) is 0 Å². The first kappa shape index (κ1) is 36.4. The molecule has 2 atom stereocenters. The number of ether oxygens (including phenoxy) is 2. The third-order valence-corrected chi connectivity index (χ3v) is 10.8. The lowest BCUT2D eigenvalue weighted by Gasteiger charge is -2.39. The van der Waals surface area contributed by atoms with Gasteiger partial charge in [0.15, 0.2) is 0 Å². The predicted molar refractivity (Wildman–Crippen MR) is 225 cm³/mol. The molecule has 2 aliphatic heterocycles. The predicted octanol–water partition coefficient (Wildman–Crippen LogP) is 10.8. The zero-order valence-electron chi connectivity index (χ0n) is 32.2. The van der Waals surface area contributed by atoms with Gasteiger partial charge in [-0.3, -0.25) is 19.4 Å². The molecule has 0 fully saturated rings. The van der Waals surface area contributed by atoms with E-state index in [1.165, 1.54) is 5.56 Å². The minimum Gasteiger partial charge on any atom is -0.496 e. The van der Waals surface area contributed by atoms with E-state index >= 15 is 0 Å². The molecule has 0 aromatic heterocycles. The fourth-order valence-corrected chi connectivity index (χ4v) is 8.05. The van der Waals surface area contributed by atoms with Gasteiger partial charge in [-0.15, -0.1) is 0 Å². The summed E-state index contributed by atoms with van der Waals surface area (Å²) >= 11 is 0. The molecule has 8 heteroatoms. The molecule has 2 aliphatic rings. The summed E-state index contributed by atoms with van der Waals surface area (Å²) in [5, 5.41) is 7.33. The average Bonchev–Trinajstić information content (AvgIpc) is 3.24. The second kappa shape index (κ2) is 15.7. The van der Waals surface area contributed by atoms with Crippen molar-refractivity contribution in [1.29, 1.82) is 0 Å². The highest BCUT2D eigenvalue weighted by Crippen LogP contribution is 2.44. The molecule has 2 heterocycles. The van der Waals surface area contributed by atoms with Crippen LogP contribution in [0.2, 0.25) is 0 Å². The van der Waals surface area contributed by atoms with E-state index in [9.17, 15) is 9.59 Å². The summed E-state index contributed by atoms with van der Waals surface area (Å²) in [7, 11) is 3.33. The van der Waals surface area contributed by atoms with Crippen LogP contribution in [-0.2, 0) is 12.8 Å². The summed E-state index contributed by atoms with van der Waals surface area (Å²) in [5.41, 5.74) is 10.2. The number of carbonyl (C=O) groups excluding carboxylic acids is 2. The zero-order valence-corrected chi connectivity index (χ0v) is 32.2. The van der Waals surface area contributed by atoms with Gasteiger partial charge in [0.1, 0.15) is 23.8 Å². The molecular formula is C48H46N4O4. The van der Waals surface area contributed by atoms with Gasteiger partial charge in [-0.1, -0.05) is 93.4 Å². The number of hydrogen-bond acceptors (Lipinski definition) is 6. The summed E-state index contributed by atoms with van der Waals surface area (Å²) < 4.78 is 11.9. The number of amides is 2. The van der Waals surface area contributed by atoms with Gasteiger partial charge in [0, 0.05) is 33.9 Å². The SMILES string of the molecule is CCCc1ccc(N2C(=O)c3ccccc3NC2c2ccc(OC)c(-c3cc(N4C(=O)c5ccccc5NC4c4ccccc4OC)ccc3CCC)c2)cc1. The van der Waals surface area contributed by atoms with Gasteiger partial charge in [-0.25, -0.2) is 0 Å². The highest BCUT2D eigenvalue weighted by atomic mass is 16.5. The molecule has 6 aromatic rings. The van der Waals surface area contributed by atoms with E-state index < -0.39 is 12.3 Å². The third-order valence-electron chi connectivity index (χ3n) is 10.8. The van der Waals surface area contributed by atoms with E-state index in [0.717, 1.165) is 76.3 Å². The molecule has 0 aliphatic carbocycles. The van der Waals surface area contributed by atoms with Gasteiger partial charge in [-0.05, 0) is 102 Å². The number of anilines is 4. The zero-order chi connectivity index (χ0) is 38.8. The van der Waals surface area contributed by atoms with Crippen LogP contribution in [0.15, 0.2) is 133 Å². The maximum atomic E-state index is 14.6. The van der Waals surface area contributed by atoms with Gasteiger partial charge < -0.3 is 20.1 Å². The van der Waals surface area contributed by atoms with Crippen molar-refractivity contribution in [3.05, 3.63) is 167 Å². The van der Waals surface area contributed by atoms with Gasteiger partial charge in [0.05, 0.1) is 25.3 Å². The largest absolute Gasteiger partial charge is 0.496 e. The van der Waals surface area contributed by atoms with Crippen LogP contribution in [0.25, 0.3) is 11.1 Å². The van der Waals surface area contributed by atoms with Crippen LogP contribution in [-0.4, -0.2) is 26.0 Å². The van der Waals surface area contributed by atoms with Crippen molar-refractivity contribution in [3.8, 4) is 22.6 Å². The number of hydrogen-bond donors (Lipinski definition) is 2. The minimum atomic E-state index is -0.540. The molecule has 2 amide bonds. The van der Waals surface area contributed by atoms with Gasteiger partial charge in [0.2, 0.25) is 0 Å². The first-order valence-electron chi connectivity index (χ1n) is 19.3. The molecule has 8 nitrogen and oxygen atoms in total. The number of carbonyl (C=O) groups is 2. The molecule has 0 spiro atoms. The molecule has 0 radical (unpaired) electrons. The first-order valence-corrected chi connectivity index (χ1v) is 19.3. The van der Waals surface area contributed by atoms with Crippen molar-refractivity contribution >= 4 is 34.6 Å². The Bertz CT molecular complexity index is 2410. The highest BCUT2D eigenvalue weighted by molar-refractivity contribution is 6.13. The number of benzene rings is 6. The topological polar surface area (TPSA) is 83.1 Å². The molecule has 0 saturated heterocycles. The molecule has 8 rings (SSSR count). The van der Waals surface area contributed by atoms with Crippen molar-refractivity contribution in [2.45, 2.75) is 51.9 Å². The molecule has 0 saturated carbocycles. The highest BCUT2D eigenvalue weighted by Gasteiger charge is 2.37. The fourth-order valence-electron chi connectivity index (χ4n) is 8.05. The molecule has 0 bridgehead atoms. The monoisotopic (exact) mass is 742 g/mol. The molecule has 56 heavy (non-hydrogen) atoms. The van der Waals surface area contributed by atoms with E-state index in [0.29, 0.717) is 22.6 Å². The number of nitrogens with zero attached hydrogens (tertiary/aromatic N) is 2. The smallest absolute Gasteiger partial charge is 0.262 e. The maximum absolute atomic E-state index is 14.6. The lowest BCUT2D eigenvalue weighted by Crippen LogP contribution is -2.43. The number of methoxy groups -OCH3 is 2. The Morgan fingerprint density at radius 2 is 1.12 bits per heavy atom. The van der Waals surface area contributed by atoms with Crippen LogP contribution in [0.3, 0.4) is 0 Å². The van der Waals surface area contributed by atoms with Crippen molar-refractivity contribution in [1.82, 2.24) is 0 Å². The second-order valence-corrected chi connectivity index (χ2v) is 14.2. The van der Waals surface area contributed by atoms with E-state index in [4.69, 9.17) is 9.47 Å². The van der Waals surface area contributed by atoms with Crippen LogP contribution in [0.5, 0.6) is 11.5 Å². The summed E-state index contributed by atoms with van der Waals surface area (Å²) in [6.07, 6.45) is 2.72. The number of rotatable bonds is 11. The average molecular weight is 743 g/mol. The lowest BCUT2D eigenvalue weighted by molar-refractivity contribution is 0.0967. The quantitative estimate of drug-likeness (QED) is 0.138. The standard InChI is InChI=1S/C48H46N4O4/c1-5-13-31-21-25-34(26-22-31)51-45(49-41-18-10-7-15-36(41)47(51)53)33-24-28-44(56-4)40(29-33)39-30-35(27-23-32(39)14-6-2)52-46(38-17-9-12-20-43(38)55-3)50-42-19-11-8-16-37(42)48(52)54/h7-12,15-30,45-46,49-50H,5-6,13-14H2,1-4H3. The number of nitrogens with one attached hydrogen (secondary N) is 2. The van der Waals surface area contributed by atoms with Crippen molar-refractivity contribution < 1.29 is 19.1 Å². The van der Waals surface area contributed by atoms with Crippen molar-refractivity contribution in [2.24, 2.45) is 0 Å². The molecule has 2 N–H and O–H groups in total. The Labute approximate surface area is 328 Å².